The molecule has 9 heteroatoms. The van der Waals surface area contributed by atoms with Crippen LogP contribution in [0.4, 0.5) is 10.5 Å². The lowest BCUT2D eigenvalue weighted by molar-refractivity contribution is -0.121. The summed E-state index contributed by atoms with van der Waals surface area (Å²) in [5.41, 5.74) is 2.93. The molecule has 168 valence electrons. The molecule has 0 aliphatic carbocycles. The minimum absolute atomic E-state index is 0.0148. The van der Waals surface area contributed by atoms with Crippen molar-refractivity contribution >= 4 is 17.6 Å². The lowest BCUT2D eigenvalue weighted by atomic mass is 10.0. The second-order valence-electron chi connectivity index (χ2n) is 8.07. The number of urea groups is 1. The molecule has 1 saturated heterocycles. The van der Waals surface area contributed by atoms with Crippen LogP contribution in [-0.2, 0) is 17.9 Å². The van der Waals surface area contributed by atoms with Gasteiger partial charge in [-0.2, -0.15) is 4.98 Å². The SMILES string of the molecule is CCn1cccc1-c1noc(CNC(=O)CN2CCN(c3ccc(C(C)C)cc3)C2=O)n1. The van der Waals surface area contributed by atoms with Crippen molar-refractivity contribution in [2.24, 2.45) is 0 Å². The fourth-order valence-corrected chi connectivity index (χ4v) is 3.74. The lowest BCUT2D eigenvalue weighted by Crippen LogP contribution is -2.39. The molecule has 1 N–H and O–H groups in total. The summed E-state index contributed by atoms with van der Waals surface area (Å²) in [5.74, 6) is 0.962. The van der Waals surface area contributed by atoms with E-state index in [4.69, 9.17) is 4.52 Å². The van der Waals surface area contributed by atoms with Crippen molar-refractivity contribution in [1.29, 1.82) is 0 Å². The van der Waals surface area contributed by atoms with Gasteiger partial charge in [-0.05, 0) is 42.7 Å². The number of carbonyl (C=O) groups is 2. The van der Waals surface area contributed by atoms with Gasteiger partial charge in [-0.25, -0.2) is 4.79 Å². The van der Waals surface area contributed by atoms with Gasteiger partial charge in [-0.3, -0.25) is 9.69 Å². The normalized spacial score (nSPS) is 13.9. The van der Waals surface area contributed by atoms with Gasteiger partial charge in [0.25, 0.3) is 0 Å². The summed E-state index contributed by atoms with van der Waals surface area (Å²) in [6.07, 6.45) is 1.95. The number of carbonyl (C=O) groups excluding carboxylic acids is 2. The molecule has 0 spiro atoms. The molecule has 1 aliphatic rings. The van der Waals surface area contributed by atoms with Crippen LogP contribution in [0.1, 0.15) is 38.1 Å². The zero-order chi connectivity index (χ0) is 22.7. The summed E-state index contributed by atoms with van der Waals surface area (Å²) in [6.45, 7) is 8.25. The first kappa shape index (κ1) is 21.6. The van der Waals surface area contributed by atoms with Crippen LogP contribution in [0.3, 0.4) is 0 Å². The highest BCUT2D eigenvalue weighted by Gasteiger charge is 2.30. The molecule has 4 rings (SSSR count). The predicted molar refractivity (Wildman–Crippen MR) is 120 cm³/mol. The van der Waals surface area contributed by atoms with Crippen molar-refractivity contribution in [3.63, 3.8) is 0 Å². The van der Waals surface area contributed by atoms with E-state index in [9.17, 15) is 9.59 Å². The summed E-state index contributed by atoms with van der Waals surface area (Å²) in [6, 6.07) is 11.7. The molecule has 9 nitrogen and oxygen atoms in total. The fraction of sp³-hybridized carbons (Fsp3) is 0.391. The molecular formula is C23H28N6O3. The molecule has 0 atom stereocenters. The van der Waals surface area contributed by atoms with Gasteiger partial charge in [0, 0.05) is 31.5 Å². The van der Waals surface area contributed by atoms with E-state index in [0.29, 0.717) is 30.7 Å². The minimum atomic E-state index is -0.271. The molecular weight excluding hydrogens is 408 g/mol. The van der Waals surface area contributed by atoms with Gasteiger partial charge in [0.05, 0.1) is 12.2 Å². The van der Waals surface area contributed by atoms with Crippen LogP contribution in [-0.4, -0.2) is 51.2 Å². The molecule has 0 bridgehead atoms. The third kappa shape index (κ3) is 4.51. The van der Waals surface area contributed by atoms with E-state index >= 15 is 0 Å². The van der Waals surface area contributed by atoms with Crippen molar-refractivity contribution in [1.82, 2.24) is 24.9 Å². The monoisotopic (exact) mass is 436 g/mol. The third-order valence-corrected chi connectivity index (χ3v) is 5.61. The quantitative estimate of drug-likeness (QED) is 0.585. The van der Waals surface area contributed by atoms with Crippen molar-refractivity contribution < 1.29 is 14.1 Å². The van der Waals surface area contributed by atoms with Crippen molar-refractivity contribution in [3.8, 4) is 11.5 Å². The number of aromatic nitrogens is 3. The number of anilines is 1. The standard InChI is InChI=1S/C23H28N6O3/c1-4-27-11-5-6-19(27)22-25-21(32-26-22)14-24-20(30)15-28-12-13-29(23(28)31)18-9-7-17(8-10-18)16(2)3/h5-11,16H,4,12-15H2,1-3H3,(H,24,30). The largest absolute Gasteiger partial charge is 0.345 e. The summed E-state index contributed by atoms with van der Waals surface area (Å²) < 4.78 is 7.26. The van der Waals surface area contributed by atoms with Crippen molar-refractivity contribution in [2.75, 3.05) is 24.5 Å². The van der Waals surface area contributed by atoms with Gasteiger partial charge in [0.1, 0.15) is 6.54 Å². The number of nitrogens with zero attached hydrogens (tertiary/aromatic N) is 5. The predicted octanol–water partition coefficient (Wildman–Crippen LogP) is 3.24. The number of benzene rings is 1. The Bertz CT molecular complexity index is 1090. The van der Waals surface area contributed by atoms with E-state index in [1.165, 1.54) is 5.56 Å². The van der Waals surface area contributed by atoms with Gasteiger partial charge in [-0.1, -0.05) is 31.1 Å². The highest BCUT2D eigenvalue weighted by atomic mass is 16.5. The Morgan fingerprint density at radius 2 is 1.97 bits per heavy atom. The first-order valence-corrected chi connectivity index (χ1v) is 10.9. The van der Waals surface area contributed by atoms with Gasteiger partial charge >= 0.3 is 6.03 Å². The molecule has 1 aliphatic heterocycles. The third-order valence-electron chi connectivity index (χ3n) is 5.61. The molecule has 0 unspecified atom stereocenters. The smallest absolute Gasteiger partial charge is 0.325 e. The van der Waals surface area contributed by atoms with Crippen LogP contribution in [0.2, 0.25) is 0 Å². The van der Waals surface area contributed by atoms with E-state index in [0.717, 1.165) is 17.9 Å². The number of amides is 3. The summed E-state index contributed by atoms with van der Waals surface area (Å²) >= 11 is 0. The molecule has 1 aromatic carbocycles. The molecule has 0 saturated carbocycles. The zero-order valence-corrected chi connectivity index (χ0v) is 18.6. The maximum Gasteiger partial charge on any atom is 0.325 e. The van der Waals surface area contributed by atoms with Crippen LogP contribution in [0.5, 0.6) is 0 Å². The topological polar surface area (TPSA) is 96.5 Å². The average Bonchev–Trinajstić information content (AvgIpc) is 3.52. The Balaban J connectivity index is 1.30. The van der Waals surface area contributed by atoms with Crippen LogP contribution >= 0.6 is 0 Å². The lowest BCUT2D eigenvalue weighted by Gasteiger charge is -2.19. The van der Waals surface area contributed by atoms with Gasteiger partial charge < -0.3 is 19.3 Å². The van der Waals surface area contributed by atoms with Crippen molar-refractivity contribution in [2.45, 2.75) is 39.8 Å². The Kier molecular flexibility index (Phi) is 6.25. The van der Waals surface area contributed by atoms with E-state index in [1.54, 1.807) is 9.80 Å². The highest BCUT2D eigenvalue weighted by molar-refractivity contribution is 5.96. The van der Waals surface area contributed by atoms with Gasteiger partial charge in [-0.15, -0.1) is 0 Å². The number of hydrogen-bond donors (Lipinski definition) is 1. The van der Waals surface area contributed by atoms with Crippen LogP contribution in [0.25, 0.3) is 11.5 Å². The van der Waals surface area contributed by atoms with Gasteiger partial charge in [0.15, 0.2) is 0 Å². The molecule has 3 aromatic rings. The Morgan fingerprint density at radius 1 is 1.19 bits per heavy atom. The van der Waals surface area contributed by atoms with Crippen LogP contribution in [0, 0.1) is 0 Å². The maximum atomic E-state index is 12.8. The molecule has 3 amide bonds. The molecule has 3 heterocycles. The first-order valence-electron chi connectivity index (χ1n) is 10.9. The van der Waals surface area contributed by atoms with Gasteiger partial charge in [0.2, 0.25) is 17.6 Å². The minimum Gasteiger partial charge on any atom is -0.345 e. The first-order chi connectivity index (χ1) is 15.5. The molecule has 2 aromatic heterocycles. The van der Waals surface area contributed by atoms with E-state index in [1.807, 2.05) is 54.1 Å². The molecule has 1 fully saturated rings. The number of rotatable bonds is 8. The zero-order valence-electron chi connectivity index (χ0n) is 18.6. The van der Waals surface area contributed by atoms with Crippen LogP contribution in [0.15, 0.2) is 47.1 Å². The summed E-state index contributed by atoms with van der Waals surface area (Å²) in [5, 5.41) is 6.75. The maximum absolute atomic E-state index is 12.8. The average molecular weight is 437 g/mol. The summed E-state index contributed by atoms with van der Waals surface area (Å²) in [7, 11) is 0. The highest BCUT2D eigenvalue weighted by Crippen LogP contribution is 2.23. The Hall–Kier alpha value is -3.62. The second-order valence-corrected chi connectivity index (χ2v) is 8.07. The van der Waals surface area contributed by atoms with E-state index in [2.05, 4.69) is 29.3 Å². The Labute approximate surface area is 187 Å². The van der Waals surface area contributed by atoms with E-state index in [-0.39, 0.29) is 25.0 Å². The fourth-order valence-electron chi connectivity index (χ4n) is 3.74. The van der Waals surface area contributed by atoms with Crippen LogP contribution < -0.4 is 10.2 Å². The second kappa shape index (κ2) is 9.25. The Morgan fingerprint density at radius 3 is 2.69 bits per heavy atom. The molecule has 32 heavy (non-hydrogen) atoms. The number of aryl methyl sites for hydroxylation is 1. The number of hydrogen-bond acceptors (Lipinski definition) is 5. The van der Waals surface area contributed by atoms with E-state index < -0.39 is 0 Å². The number of nitrogens with one attached hydrogen (secondary N) is 1. The summed E-state index contributed by atoms with van der Waals surface area (Å²) in [4.78, 5) is 32.7. The molecule has 0 radical (unpaired) electrons. The van der Waals surface area contributed by atoms with Crippen molar-refractivity contribution in [3.05, 3.63) is 54.0 Å².